The second kappa shape index (κ2) is 3.56. The number of hydrogen-bond acceptors (Lipinski definition) is 0. The van der Waals surface area contributed by atoms with Crippen molar-refractivity contribution in [2.75, 3.05) is 0 Å². The van der Waals surface area contributed by atoms with E-state index in [1.807, 2.05) is 6.92 Å². The highest BCUT2D eigenvalue weighted by Crippen LogP contribution is 2.37. The highest BCUT2D eigenvalue weighted by atomic mass is 19.4. The number of halogens is 3. The molecule has 0 heterocycles. The maximum absolute atomic E-state index is 12.3. The molecule has 3 heteroatoms. The van der Waals surface area contributed by atoms with Crippen molar-refractivity contribution in [3.05, 3.63) is 23.3 Å². The Balaban J connectivity index is 2.88. The van der Waals surface area contributed by atoms with Crippen LogP contribution in [0.1, 0.15) is 26.7 Å². The van der Waals surface area contributed by atoms with E-state index in [1.165, 1.54) is 6.08 Å². The normalized spacial score (nSPS) is 23.9. The zero-order valence-electron chi connectivity index (χ0n) is 7.78. The first kappa shape index (κ1) is 10.4. The molecule has 0 saturated heterocycles. The summed E-state index contributed by atoms with van der Waals surface area (Å²) in [7, 11) is 0. The van der Waals surface area contributed by atoms with Crippen molar-refractivity contribution in [2.24, 2.45) is 5.92 Å². The summed E-state index contributed by atoms with van der Waals surface area (Å²) in [6.07, 6.45) is 0.0405. The fourth-order valence-electron chi connectivity index (χ4n) is 1.58. The zero-order chi connectivity index (χ0) is 10.1. The number of alkyl halides is 3. The predicted octanol–water partition coefficient (Wildman–Crippen LogP) is 3.85. The summed E-state index contributed by atoms with van der Waals surface area (Å²) < 4.78 is 37.0. The molecule has 0 aromatic heterocycles. The zero-order valence-corrected chi connectivity index (χ0v) is 7.78. The van der Waals surface area contributed by atoms with E-state index >= 15 is 0 Å². The van der Waals surface area contributed by atoms with E-state index in [0.717, 1.165) is 12.0 Å². The van der Waals surface area contributed by atoms with E-state index in [-0.39, 0.29) is 5.92 Å². The molecule has 13 heavy (non-hydrogen) atoms. The molecule has 0 aromatic carbocycles. The quantitative estimate of drug-likeness (QED) is 0.589. The van der Waals surface area contributed by atoms with Gasteiger partial charge in [-0.1, -0.05) is 31.6 Å². The monoisotopic (exact) mass is 190 g/mol. The molecule has 0 N–H and O–H groups in total. The first-order valence-corrected chi connectivity index (χ1v) is 4.42. The maximum atomic E-state index is 12.3. The lowest BCUT2D eigenvalue weighted by Gasteiger charge is -2.22. The Hall–Kier alpha value is -0.730. The van der Waals surface area contributed by atoms with E-state index in [1.54, 1.807) is 13.0 Å². The predicted molar refractivity (Wildman–Crippen MR) is 46.3 cm³/mol. The van der Waals surface area contributed by atoms with Gasteiger partial charge in [-0.3, -0.25) is 0 Å². The third kappa shape index (κ3) is 2.36. The van der Waals surface area contributed by atoms with Gasteiger partial charge in [-0.2, -0.15) is 13.2 Å². The molecule has 1 atom stereocenters. The smallest absolute Gasteiger partial charge is 0.166 e. The van der Waals surface area contributed by atoms with Crippen molar-refractivity contribution in [1.82, 2.24) is 0 Å². The van der Waals surface area contributed by atoms with Crippen LogP contribution in [0.25, 0.3) is 0 Å². The van der Waals surface area contributed by atoms with Gasteiger partial charge in [-0.05, 0) is 18.8 Å². The van der Waals surface area contributed by atoms with Crippen LogP contribution in [0.15, 0.2) is 23.3 Å². The Kier molecular flexibility index (Phi) is 2.84. The van der Waals surface area contributed by atoms with Gasteiger partial charge in [-0.25, -0.2) is 0 Å². The minimum Gasteiger partial charge on any atom is -0.166 e. The lowest BCUT2D eigenvalue weighted by atomic mass is 9.87. The average Bonchev–Trinajstić information content (AvgIpc) is 2.01. The topological polar surface area (TPSA) is 0 Å². The molecule has 0 aromatic rings. The van der Waals surface area contributed by atoms with Gasteiger partial charge in [0.25, 0.3) is 0 Å². The number of hydrogen-bond donors (Lipinski definition) is 0. The van der Waals surface area contributed by atoms with Crippen molar-refractivity contribution >= 4 is 0 Å². The van der Waals surface area contributed by atoms with Crippen molar-refractivity contribution in [3.63, 3.8) is 0 Å². The Morgan fingerprint density at radius 1 is 1.38 bits per heavy atom. The van der Waals surface area contributed by atoms with Crippen LogP contribution in [0.4, 0.5) is 13.2 Å². The van der Waals surface area contributed by atoms with Gasteiger partial charge in [0.05, 0.1) is 0 Å². The average molecular weight is 190 g/mol. The molecule has 0 saturated carbocycles. The van der Waals surface area contributed by atoms with E-state index in [2.05, 4.69) is 0 Å². The summed E-state index contributed by atoms with van der Waals surface area (Å²) in [6, 6.07) is 0. The number of rotatable bonds is 1. The molecular weight excluding hydrogens is 177 g/mol. The molecule has 1 unspecified atom stereocenters. The van der Waals surface area contributed by atoms with Crippen LogP contribution in [0, 0.1) is 5.92 Å². The summed E-state index contributed by atoms with van der Waals surface area (Å²) in [5, 5.41) is 0. The molecular formula is C10H13F3. The maximum Gasteiger partial charge on any atom is 0.412 e. The van der Waals surface area contributed by atoms with Crippen molar-refractivity contribution in [3.8, 4) is 0 Å². The largest absolute Gasteiger partial charge is 0.412 e. The summed E-state index contributed by atoms with van der Waals surface area (Å²) in [6.45, 7) is 3.59. The number of allylic oxidation sites excluding steroid dienone is 4. The molecule has 0 aliphatic heterocycles. The minimum atomic E-state index is -4.16. The van der Waals surface area contributed by atoms with Crippen molar-refractivity contribution in [1.29, 1.82) is 0 Å². The third-order valence-corrected chi connectivity index (χ3v) is 2.38. The molecule has 0 nitrogen and oxygen atoms in total. The lowest BCUT2D eigenvalue weighted by Crippen LogP contribution is -2.20. The molecule has 0 fully saturated rings. The van der Waals surface area contributed by atoms with Gasteiger partial charge in [-0.15, -0.1) is 0 Å². The standard InChI is InChI=1S/C10H13F3/c1-3-8-4-5-9(7(2)6-8)10(11,12)13/h4-5,7H,3,6H2,1-2H3. The van der Waals surface area contributed by atoms with Crippen LogP contribution in [0.3, 0.4) is 0 Å². The molecule has 74 valence electrons. The van der Waals surface area contributed by atoms with Crippen LogP contribution < -0.4 is 0 Å². The van der Waals surface area contributed by atoms with Crippen LogP contribution >= 0.6 is 0 Å². The van der Waals surface area contributed by atoms with Crippen LogP contribution in [-0.2, 0) is 0 Å². The molecule has 1 aliphatic rings. The van der Waals surface area contributed by atoms with Gasteiger partial charge >= 0.3 is 6.18 Å². The Morgan fingerprint density at radius 3 is 2.38 bits per heavy atom. The molecule has 0 spiro atoms. The van der Waals surface area contributed by atoms with Crippen molar-refractivity contribution < 1.29 is 13.2 Å². The molecule has 0 bridgehead atoms. The highest BCUT2D eigenvalue weighted by Gasteiger charge is 2.37. The summed E-state index contributed by atoms with van der Waals surface area (Å²) in [4.78, 5) is 0. The van der Waals surface area contributed by atoms with Gasteiger partial charge in [0.1, 0.15) is 0 Å². The SMILES string of the molecule is CCC1=CC=C(C(F)(F)F)C(C)C1. The van der Waals surface area contributed by atoms with Gasteiger partial charge in [0.2, 0.25) is 0 Å². The Bertz CT molecular complexity index is 245. The van der Waals surface area contributed by atoms with Crippen LogP contribution in [0.2, 0.25) is 0 Å². The first-order valence-electron chi connectivity index (χ1n) is 4.42. The van der Waals surface area contributed by atoms with Crippen LogP contribution in [0.5, 0.6) is 0 Å². The van der Waals surface area contributed by atoms with Gasteiger partial charge < -0.3 is 0 Å². The molecule has 0 radical (unpaired) electrons. The van der Waals surface area contributed by atoms with E-state index in [4.69, 9.17) is 0 Å². The molecule has 1 rings (SSSR count). The second-order valence-corrected chi connectivity index (χ2v) is 3.40. The summed E-state index contributed by atoms with van der Waals surface area (Å²) in [5.41, 5.74) is 0.699. The fourth-order valence-corrected chi connectivity index (χ4v) is 1.58. The third-order valence-electron chi connectivity index (χ3n) is 2.38. The van der Waals surface area contributed by atoms with E-state index < -0.39 is 11.7 Å². The molecule has 1 aliphatic carbocycles. The van der Waals surface area contributed by atoms with E-state index in [9.17, 15) is 13.2 Å². The molecule has 0 amide bonds. The first-order chi connectivity index (χ1) is 5.95. The fraction of sp³-hybridized carbons (Fsp3) is 0.600. The lowest BCUT2D eigenvalue weighted by molar-refractivity contribution is -0.0985. The minimum absolute atomic E-state index is 0.389. The van der Waals surface area contributed by atoms with Gasteiger partial charge in [0.15, 0.2) is 0 Å². The summed E-state index contributed by atoms with van der Waals surface area (Å²) in [5.74, 6) is -0.389. The Morgan fingerprint density at radius 2 is 2.00 bits per heavy atom. The van der Waals surface area contributed by atoms with Crippen LogP contribution in [-0.4, -0.2) is 6.18 Å². The second-order valence-electron chi connectivity index (χ2n) is 3.40. The van der Waals surface area contributed by atoms with Crippen molar-refractivity contribution in [2.45, 2.75) is 32.9 Å². The Labute approximate surface area is 76.1 Å². The van der Waals surface area contributed by atoms with E-state index in [0.29, 0.717) is 6.42 Å². The highest BCUT2D eigenvalue weighted by molar-refractivity contribution is 5.28. The van der Waals surface area contributed by atoms with Gasteiger partial charge in [0, 0.05) is 5.57 Å². The summed E-state index contributed by atoms with van der Waals surface area (Å²) >= 11 is 0.